The van der Waals surface area contributed by atoms with Crippen molar-refractivity contribution in [2.45, 2.75) is 19.3 Å². The predicted molar refractivity (Wildman–Crippen MR) is 141 cm³/mol. The lowest BCUT2D eigenvalue weighted by Crippen LogP contribution is -2.51. The van der Waals surface area contributed by atoms with Crippen molar-refractivity contribution in [1.29, 1.82) is 0 Å². The minimum atomic E-state index is 0.0909. The van der Waals surface area contributed by atoms with Crippen molar-refractivity contribution in [3.63, 3.8) is 0 Å². The number of piperazine rings is 1. The van der Waals surface area contributed by atoms with Crippen LogP contribution in [0.15, 0.2) is 48.5 Å². The number of carbonyl (C=O) groups excluding carboxylic acids is 1. The number of ether oxygens (including phenoxy) is 1. The molecule has 0 aliphatic carbocycles. The summed E-state index contributed by atoms with van der Waals surface area (Å²) in [6.07, 6.45) is 2.40. The molecule has 0 atom stereocenters. The summed E-state index contributed by atoms with van der Waals surface area (Å²) < 4.78 is 9.88. The van der Waals surface area contributed by atoms with Crippen molar-refractivity contribution in [3.8, 4) is 5.75 Å². The Kier molecular flexibility index (Phi) is 7.39. The highest BCUT2D eigenvalue weighted by atomic mass is 35.5. The topological polar surface area (TPSA) is 61.8 Å². The first-order valence-corrected chi connectivity index (χ1v) is 13.2. The van der Waals surface area contributed by atoms with Crippen molar-refractivity contribution in [3.05, 3.63) is 64.9 Å². The number of hydrogen-bond acceptors (Lipinski definition) is 7. The van der Waals surface area contributed by atoms with Crippen molar-refractivity contribution in [1.82, 2.24) is 14.3 Å². The molecule has 1 aromatic heterocycles. The van der Waals surface area contributed by atoms with Gasteiger partial charge < -0.3 is 19.4 Å². The number of benzene rings is 2. The van der Waals surface area contributed by atoms with E-state index in [1.165, 1.54) is 11.5 Å². The number of rotatable bonds is 6. The van der Waals surface area contributed by atoms with Gasteiger partial charge in [0.15, 0.2) is 0 Å². The molecule has 0 N–H and O–H groups in total. The summed E-state index contributed by atoms with van der Waals surface area (Å²) in [5, 5.41) is 1.69. The maximum Gasteiger partial charge on any atom is 0.225 e. The van der Waals surface area contributed by atoms with Gasteiger partial charge in [-0.05, 0) is 48.7 Å². The van der Waals surface area contributed by atoms with Crippen LogP contribution < -0.4 is 14.5 Å². The first kappa shape index (κ1) is 23.9. The fourth-order valence-electron chi connectivity index (χ4n) is 4.84. The van der Waals surface area contributed by atoms with Gasteiger partial charge in [0, 0.05) is 73.8 Å². The van der Waals surface area contributed by atoms with Gasteiger partial charge in [-0.1, -0.05) is 29.8 Å². The maximum absolute atomic E-state index is 13.2. The van der Waals surface area contributed by atoms with Crippen molar-refractivity contribution in [2.75, 3.05) is 56.2 Å². The first-order chi connectivity index (χ1) is 17.1. The quantitative estimate of drug-likeness (QED) is 0.490. The fourth-order valence-corrected chi connectivity index (χ4v) is 5.76. The molecule has 0 spiro atoms. The van der Waals surface area contributed by atoms with Crippen LogP contribution in [0, 0.1) is 5.92 Å². The van der Waals surface area contributed by atoms with E-state index >= 15 is 0 Å². The number of amides is 1. The van der Waals surface area contributed by atoms with Gasteiger partial charge in [0.1, 0.15) is 11.6 Å². The van der Waals surface area contributed by atoms with Gasteiger partial charge in [-0.2, -0.15) is 4.37 Å². The monoisotopic (exact) mass is 511 g/mol. The standard InChI is InChI=1S/C26H30ClN5O2S/c1-34-23-7-2-4-19(16-23)17-24-28-26(35-29-24)32-10-8-20(9-11-32)25(33)31-14-12-30(13-15-31)22-6-3-5-21(27)18-22/h2-7,16,18,20H,8-15,17H2,1H3. The van der Waals surface area contributed by atoms with Crippen LogP contribution in [0.3, 0.4) is 0 Å². The third kappa shape index (κ3) is 5.70. The van der Waals surface area contributed by atoms with Crippen LogP contribution in [0.5, 0.6) is 5.75 Å². The van der Waals surface area contributed by atoms with Crippen LogP contribution in [0.1, 0.15) is 24.2 Å². The molecule has 0 unspecified atom stereocenters. The zero-order valence-corrected chi connectivity index (χ0v) is 21.5. The largest absolute Gasteiger partial charge is 0.497 e. The highest BCUT2D eigenvalue weighted by Gasteiger charge is 2.31. The Hall–Kier alpha value is -2.84. The molecule has 0 saturated carbocycles. The van der Waals surface area contributed by atoms with Gasteiger partial charge in [0.25, 0.3) is 0 Å². The van der Waals surface area contributed by atoms with Crippen LogP contribution in [0.25, 0.3) is 0 Å². The van der Waals surface area contributed by atoms with Gasteiger partial charge >= 0.3 is 0 Å². The number of hydrogen-bond donors (Lipinski definition) is 0. The summed E-state index contributed by atoms with van der Waals surface area (Å²) in [6.45, 7) is 4.88. The SMILES string of the molecule is COc1cccc(Cc2nsc(N3CCC(C(=O)N4CCN(c5cccc(Cl)c5)CC4)CC3)n2)c1. The molecule has 2 aliphatic rings. The molecule has 0 radical (unpaired) electrons. The Balaban J connectivity index is 1.11. The second kappa shape index (κ2) is 10.8. The second-order valence-corrected chi connectivity index (χ2v) is 10.2. The molecule has 2 aliphatic heterocycles. The average Bonchev–Trinajstić information content (AvgIpc) is 3.37. The van der Waals surface area contributed by atoms with Crippen LogP contribution in [0.4, 0.5) is 10.8 Å². The molecule has 9 heteroatoms. The number of anilines is 2. The average molecular weight is 512 g/mol. The molecule has 1 amide bonds. The molecule has 2 fully saturated rings. The molecule has 184 valence electrons. The number of methoxy groups -OCH3 is 1. The number of piperidine rings is 1. The van der Waals surface area contributed by atoms with E-state index in [0.29, 0.717) is 12.3 Å². The molecule has 2 aromatic carbocycles. The maximum atomic E-state index is 13.2. The summed E-state index contributed by atoms with van der Waals surface area (Å²) in [7, 11) is 1.67. The lowest BCUT2D eigenvalue weighted by atomic mass is 9.95. The summed E-state index contributed by atoms with van der Waals surface area (Å²) >= 11 is 7.59. The molecular weight excluding hydrogens is 482 g/mol. The Bertz CT molecular complexity index is 1160. The van der Waals surface area contributed by atoms with Crippen molar-refractivity contribution < 1.29 is 9.53 Å². The van der Waals surface area contributed by atoms with Crippen LogP contribution in [-0.4, -0.2) is 66.5 Å². The van der Waals surface area contributed by atoms with E-state index in [0.717, 1.165) is 85.1 Å². The van der Waals surface area contributed by atoms with Crippen LogP contribution in [0.2, 0.25) is 5.02 Å². The summed E-state index contributed by atoms with van der Waals surface area (Å²) in [5.41, 5.74) is 2.26. The third-order valence-corrected chi connectivity index (χ3v) is 7.88. The zero-order valence-electron chi connectivity index (χ0n) is 19.9. The zero-order chi connectivity index (χ0) is 24.2. The summed E-state index contributed by atoms with van der Waals surface area (Å²) in [4.78, 5) is 24.6. The Morgan fingerprint density at radius 1 is 1.03 bits per heavy atom. The first-order valence-electron chi connectivity index (χ1n) is 12.1. The van der Waals surface area contributed by atoms with E-state index < -0.39 is 0 Å². The summed E-state index contributed by atoms with van der Waals surface area (Å²) in [6, 6.07) is 15.9. The molecule has 3 aromatic rings. The Labute approximate surface area is 215 Å². The van der Waals surface area contributed by atoms with E-state index in [9.17, 15) is 4.79 Å². The molecule has 35 heavy (non-hydrogen) atoms. The van der Waals surface area contributed by atoms with Gasteiger partial charge in [0.2, 0.25) is 11.0 Å². The summed E-state index contributed by atoms with van der Waals surface area (Å²) in [5.74, 6) is 2.06. The highest BCUT2D eigenvalue weighted by molar-refractivity contribution is 7.09. The van der Waals surface area contributed by atoms with E-state index in [2.05, 4.69) is 26.3 Å². The number of nitrogens with zero attached hydrogens (tertiary/aromatic N) is 5. The number of aromatic nitrogens is 2. The van der Waals surface area contributed by atoms with Gasteiger partial charge in [-0.15, -0.1) is 0 Å². The minimum Gasteiger partial charge on any atom is -0.497 e. The van der Waals surface area contributed by atoms with Crippen molar-refractivity contribution in [2.24, 2.45) is 5.92 Å². The van der Waals surface area contributed by atoms with Crippen LogP contribution >= 0.6 is 23.1 Å². The van der Waals surface area contributed by atoms with Gasteiger partial charge in [0.05, 0.1) is 7.11 Å². The van der Waals surface area contributed by atoms with E-state index in [1.54, 1.807) is 7.11 Å². The lowest BCUT2D eigenvalue weighted by Gasteiger charge is -2.39. The van der Waals surface area contributed by atoms with E-state index in [4.69, 9.17) is 21.3 Å². The Morgan fingerprint density at radius 3 is 2.54 bits per heavy atom. The normalized spacial score (nSPS) is 17.0. The fraction of sp³-hybridized carbons (Fsp3) is 0.423. The molecular formula is C26H30ClN5O2S. The van der Waals surface area contributed by atoms with Gasteiger partial charge in [-0.25, -0.2) is 4.98 Å². The predicted octanol–water partition coefficient (Wildman–Crippen LogP) is 4.36. The molecule has 0 bridgehead atoms. The van der Waals surface area contributed by atoms with E-state index in [1.807, 2.05) is 41.3 Å². The Morgan fingerprint density at radius 2 is 1.80 bits per heavy atom. The molecule has 2 saturated heterocycles. The van der Waals surface area contributed by atoms with Gasteiger partial charge in [-0.3, -0.25) is 4.79 Å². The highest BCUT2D eigenvalue weighted by Crippen LogP contribution is 2.28. The van der Waals surface area contributed by atoms with E-state index in [-0.39, 0.29) is 5.92 Å². The van der Waals surface area contributed by atoms with Crippen molar-refractivity contribution >= 4 is 39.9 Å². The molecule has 3 heterocycles. The number of halogens is 1. The minimum absolute atomic E-state index is 0.0909. The number of carbonyl (C=O) groups is 1. The third-order valence-electron chi connectivity index (χ3n) is 6.83. The van der Waals surface area contributed by atoms with Crippen LogP contribution in [-0.2, 0) is 11.2 Å². The second-order valence-electron chi connectivity index (χ2n) is 9.08. The molecule has 5 rings (SSSR count). The lowest BCUT2D eigenvalue weighted by molar-refractivity contribution is -0.136. The molecule has 7 nitrogen and oxygen atoms in total. The smallest absolute Gasteiger partial charge is 0.225 e.